The number of anilines is 1. The van der Waals surface area contributed by atoms with E-state index in [1.165, 1.54) is 0 Å². The molecule has 0 saturated heterocycles. The molecule has 0 aliphatic heterocycles. The fourth-order valence-electron chi connectivity index (χ4n) is 1.08. The molecular formula is C8H10N4S. The predicted octanol–water partition coefficient (Wildman–Crippen LogP) is 1.28. The number of aryl methyl sites for hydroxylation is 1. The minimum atomic E-state index is 0.656. The Kier molecular flexibility index (Phi) is 2.02. The van der Waals surface area contributed by atoms with Crippen molar-refractivity contribution in [2.24, 2.45) is 0 Å². The normalized spacial score (nSPS) is 10.5. The summed E-state index contributed by atoms with van der Waals surface area (Å²) in [5.74, 6) is 0.716. The summed E-state index contributed by atoms with van der Waals surface area (Å²) in [6.45, 7) is 2.60. The molecule has 0 bridgehead atoms. The molecular weight excluding hydrogens is 184 g/mol. The van der Waals surface area contributed by atoms with E-state index < -0.39 is 0 Å². The zero-order chi connectivity index (χ0) is 9.26. The molecule has 2 heterocycles. The molecule has 0 atom stereocenters. The standard InChI is InChI=1S/C8H10N4S/c1-6-2-11-12(8(6)9)3-7-4-13-5-10-7/h2,4-5H,3,9H2,1H3. The fraction of sp³-hybridized carbons (Fsp3) is 0.250. The van der Waals surface area contributed by atoms with Crippen molar-refractivity contribution >= 4 is 17.2 Å². The molecule has 0 aliphatic rings. The first-order valence-electron chi connectivity index (χ1n) is 3.92. The summed E-state index contributed by atoms with van der Waals surface area (Å²) in [7, 11) is 0. The molecule has 2 rings (SSSR count). The second-order valence-corrected chi connectivity index (χ2v) is 3.57. The lowest BCUT2D eigenvalue weighted by Gasteiger charge is -2.00. The van der Waals surface area contributed by atoms with Crippen LogP contribution in [0.3, 0.4) is 0 Å². The molecule has 2 aromatic rings. The smallest absolute Gasteiger partial charge is 0.125 e. The minimum absolute atomic E-state index is 0.656. The Balaban J connectivity index is 2.24. The van der Waals surface area contributed by atoms with Crippen molar-refractivity contribution in [3.8, 4) is 0 Å². The zero-order valence-corrected chi connectivity index (χ0v) is 8.08. The second kappa shape index (κ2) is 3.18. The number of nitrogens with two attached hydrogens (primary N) is 1. The summed E-state index contributed by atoms with van der Waals surface area (Å²) < 4.78 is 1.75. The highest BCUT2D eigenvalue weighted by Gasteiger charge is 2.04. The van der Waals surface area contributed by atoms with Crippen LogP contribution in [0.5, 0.6) is 0 Å². The zero-order valence-electron chi connectivity index (χ0n) is 7.27. The third kappa shape index (κ3) is 1.55. The number of nitrogens with zero attached hydrogens (tertiary/aromatic N) is 3. The molecule has 68 valence electrons. The van der Waals surface area contributed by atoms with Gasteiger partial charge in [0.25, 0.3) is 0 Å². The summed E-state index contributed by atoms with van der Waals surface area (Å²) in [5, 5.41) is 6.14. The fourth-order valence-corrected chi connectivity index (χ4v) is 1.63. The van der Waals surface area contributed by atoms with Crippen LogP contribution >= 0.6 is 11.3 Å². The number of nitrogen functional groups attached to an aromatic ring is 1. The number of rotatable bonds is 2. The highest BCUT2D eigenvalue weighted by Crippen LogP contribution is 2.11. The van der Waals surface area contributed by atoms with E-state index in [4.69, 9.17) is 5.73 Å². The number of aromatic nitrogens is 3. The van der Waals surface area contributed by atoms with E-state index >= 15 is 0 Å². The van der Waals surface area contributed by atoms with E-state index in [9.17, 15) is 0 Å². The summed E-state index contributed by atoms with van der Waals surface area (Å²) >= 11 is 1.58. The largest absolute Gasteiger partial charge is 0.384 e. The minimum Gasteiger partial charge on any atom is -0.384 e. The third-order valence-electron chi connectivity index (χ3n) is 1.87. The molecule has 0 radical (unpaired) electrons. The van der Waals surface area contributed by atoms with E-state index in [0.717, 1.165) is 11.3 Å². The average molecular weight is 194 g/mol. The van der Waals surface area contributed by atoms with Gasteiger partial charge in [-0.15, -0.1) is 11.3 Å². The molecule has 0 aliphatic carbocycles. The van der Waals surface area contributed by atoms with Crippen molar-refractivity contribution in [2.45, 2.75) is 13.5 Å². The first-order chi connectivity index (χ1) is 6.27. The summed E-state index contributed by atoms with van der Waals surface area (Å²) in [6.07, 6.45) is 1.77. The van der Waals surface area contributed by atoms with Gasteiger partial charge in [0.15, 0.2) is 0 Å². The Bertz CT molecular complexity index is 390. The lowest BCUT2D eigenvalue weighted by atomic mass is 10.4. The van der Waals surface area contributed by atoms with Crippen molar-refractivity contribution in [2.75, 3.05) is 5.73 Å². The van der Waals surface area contributed by atoms with Crippen molar-refractivity contribution in [3.05, 3.63) is 28.3 Å². The first-order valence-corrected chi connectivity index (χ1v) is 4.86. The highest BCUT2D eigenvalue weighted by molar-refractivity contribution is 7.07. The van der Waals surface area contributed by atoms with Crippen molar-refractivity contribution in [1.29, 1.82) is 0 Å². The lowest BCUT2D eigenvalue weighted by molar-refractivity contribution is 0.685. The average Bonchev–Trinajstić information content (AvgIpc) is 2.71. The van der Waals surface area contributed by atoms with Gasteiger partial charge in [-0.25, -0.2) is 9.67 Å². The Labute approximate surface area is 80.0 Å². The maximum absolute atomic E-state index is 5.80. The quantitative estimate of drug-likeness (QED) is 0.783. The van der Waals surface area contributed by atoms with Gasteiger partial charge in [-0.2, -0.15) is 5.10 Å². The van der Waals surface area contributed by atoms with Crippen LogP contribution in [-0.4, -0.2) is 14.8 Å². The topological polar surface area (TPSA) is 56.7 Å². The van der Waals surface area contributed by atoms with Crippen LogP contribution in [0.15, 0.2) is 17.1 Å². The maximum Gasteiger partial charge on any atom is 0.125 e. The van der Waals surface area contributed by atoms with Gasteiger partial charge in [0.2, 0.25) is 0 Å². The van der Waals surface area contributed by atoms with Crippen LogP contribution in [-0.2, 0) is 6.54 Å². The molecule has 0 unspecified atom stereocenters. The van der Waals surface area contributed by atoms with Gasteiger partial charge in [0.1, 0.15) is 5.82 Å². The summed E-state index contributed by atoms with van der Waals surface area (Å²) in [5.41, 5.74) is 9.61. The molecule has 0 amide bonds. The highest BCUT2D eigenvalue weighted by atomic mass is 32.1. The van der Waals surface area contributed by atoms with Crippen LogP contribution in [0.25, 0.3) is 0 Å². The van der Waals surface area contributed by atoms with Crippen LogP contribution in [0.4, 0.5) is 5.82 Å². The summed E-state index contributed by atoms with van der Waals surface area (Å²) in [4.78, 5) is 4.16. The maximum atomic E-state index is 5.80. The summed E-state index contributed by atoms with van der Waals surface area (Å²) in [6, 6.07) is 0. The SMILES string of the molecule is Cc1cnn(Cc2cscn2)c1N. The molecule has 2 N–H and O–H groups in total. The molecule has 2 aromatic heterocycles. The molecule has 13 heavy (non-hydrogen) atoms. The van der Waals surface area contributed by atoms with Crippen LogP contribution in [0, 0.1) is 6.92 Å². The number of hydrogen-bond donors (Lipinski definition) is 1. The van der Waals surface area contributed by atoms with Gasteiger partial charge in [-0.3, -0.25) is 0 Å². The molecule has 4 nitrogen and oxygen atoms in total. The Hall–Kier alpha value is -1.36. The van der Waals surface area contributed by atoms with Crippen LogP contribution in [0.1, 0.15) is 11.3 Å². The first kappa shape index (κ1) is 8.25. The van der Waals surface area contributed by atoms with Crippen molar-refractivity contribution in [3.63, 3.8) is 0 Å². The van der Waals surface area contributed by atoms with Gasteiger partial charge < -0.3 is 5.73 Å². The third-order valence-corrected chi connectivity index (χ3v) is 2.50. The Morgan fingerprint density at radius 3 is 3.00 bits per heavy atom. The van der Waals surface area contributed by atoms with Crippen LogP contribution < -0.4 is 5.73 Å². The molecule has 0 aromatic carbocycles. The lowest BCUT2D eigenvalue weighted by Crippen LogP contribution is -2.06. The monoisotopic (exact) mass is 194 g/mol. The van der Waals surface area contributed by atoms with E-state index in [1.807, 2.05) is 17.8 Å². The van der Waals surface area contributed by atoms with Gasteiger partial charge in [0.05, 0.1) is 23.9 Å². The van der Waals surface area contributed by atoms with E-state index in [1.54, 1.807) is 22.2 Å². The van der Waals surface area contributed by atoms with Crippen molar-refractivity contribution < 1.29 is 0 Å². The molecule has 5 heteroatoms. The van der Waals surface area contributed by atoms with Gasteiger partial charge in [0, 0.05) is 10.9 Å². The number of thiazole rings is 1. The molecule has 0 fully saturated rings. The Morgan fingerprint density at radius 1 is 1.62 bits per heavy atom. The van der Waals surface area contributed by atoms with E-state index in [-0.39, 0.29) is 0 Å². The van der Waals surface area contributed by atoms with Gasteiger partial charge >= 0.3 is 0 Å². The molecule has 0 spiro atoms. The van der Waals surface area contributed by atoms with E-state index in [0.29, 0.717) is 12.4 Å². The van der Waals surface area contributed by atoms with Gasteiger partial charge in [-0.1, -0.05) is 0 Å². The van der Waals surface area contributed by atoms with Crippen molar-refractivity contribution in [1.82, 2.24) is 14.8 Å². The van der Waals surface area contributed by atoms with E-state index in [2.05, 4.69) is 10.1 Å². The van der Waals surface area contributed by atoms with Crippen LogP contribution in [0.2, 0.25) is 0 Å². The molecule has 0 saturated carbocycles. The Morgan fingerprint density at radius 2 is 2.46 bits per heavy atom. The second-order valence-electron chi connectivity index (χ2n) is 2.85. The number of hydrogen-bond acceptors (Lipinski definition) is 4. The van der Waals surface area contributed by atoms with Gasteiger partial charge in [-0.05, 0) is 6.92 Å². The predicted molar refractivity (Wildman–Crippen MR) is 52.6 cm³/mol.